The average molecular weight is 375 g/mol. The highest BCUT2D eigenvalue weighted by atomic mass is 79.9. The highest BCUT2D eigenvalue weighted by Crippen LogP contribution is 2.32. The van der Waals surface area contributed by atoms with E-state index in [9.17, 15) is 9.18 Å². The van der Waals surface area contributed by atoms with E-state index in [2.05, 4.69) is 26.3 Å². The Balaban J connectivity index is 2.32. The molecular weight excluding hydrogens is 361 g/mol. The molecular formula is C14H14BrClFN3O. The highest BCUT2D eigenvalue weighted by Gasteiger charge is 2.17. The van der Waals surface area contributed by atoms with E-state index in [0.717, 1.165) is 18.2 Å². The van der Waals surface area contributed by atoms with Crippen molar-refractivity contribution in [3.63, 3.8) is 0 Å². The molecule has 0 spiro atoms. The first-order chi connectivity index (χ1) is 9.96. The molecule has 0 radical (unpaired) electrons. The number of benzene rings is 1. The topological polar surface area (TPSA) is 46.9 Å². The molecule has 2 rings (SSSR count). The molecule has 0 aliphatic heterocycles. The normalized spacial score (nSPS) is 10.7. The summed E-state index contributed by atoms with van der Waals surface area (Å²) in [6.07, 6.45) is 0.744. The van der Waals surface area contributed by atoms with Gasteiger partial charge in [-0.15, -0.1) is 0 Å². The van der Waals surface area contributed by atoms with Gasteiger partial charge in [-0.05, 0) is 47.5 Å². The fraction of sp³-hybridized carbons (Fsp3) is 0.286. The van der Waals surface area contributed by atoms with E-state index >= 15 is 0 Å². The van der Waals surface area contributed by atoms with Crippen LogP contribution in [-0.2, 0) is 13.0 Å². The van der Waals surface area contributed by atoms with Crippen LogP contribution in [0.3, 0.4) is 0 Å². The molecule has 2 aromatic rings. The molecule has 0 saturated heterocycles. The number of rotatable bonds is 4. The van der Waals surface area contributed by atoms with Crippen LogP contribution in [0.15, 0.2) is 22.7 Å². The Morgan fingerprint density at radius 1 is 1.43 bits per heavy atom. The second-order valence-corrected chi connectivity index (χ2v) is 5.65. The molecule has 4 nitrogen and oxygen atoms in total. The van der Waals surface area contributed by atoms with Crippen molar-refractivity contribution in [1.29, 1.82) is 0 Å². The van der Waals surface area contributed by atoms with Crippen LogP contribution in [0.25, 0.3) is 0 Å². The summed E-state index contributed by atoms with van der Waals surface area (Å²) < 4.78 is 15.2. The van der Waals surface area contributed by atoms with E-state index in [1.807, 2.05) is 13.8 Å². The molecule has 21 heavy (non-hydrogen) atoms. The number of nitrogens with one attached hydrogen (secondary N) is 1. The molecule has 0 bridgehead atoms. The fourth-order valence-electron chi connectivity index (χ4n) is 1.91. The lowest BCUT2D eigenvalue weighted by molar-refractivity contribution is 0.101. The molecule has 0 fully saturated rings. The monoisotopic (exact) mass is 373 g/mol. The predicted octanol–water partition coefficient (Wildman–Crippen LogP) is 4.27. The lowest BCUT2D eigenvalue weighted by atomic mass is 10.2. The number of halogens is 3. The zero-order valence-corrected chi connectivity index (χ0v) is 13.9. The van der Waals surface area contributed by atoms with Gasteiger partial charge in [0.15, 0.2) is 0 Å². The van der Waals surface area contributed by atoms with Gasteiger partial charge in [0, 0.05) is 11.0 Å². The summed E-state index contributed by atoms with van der Waals surface area (Å²) in [6.45, 7) is 4.46. The van der Waals surface area contributed by atoms with E-state index in [0.29, 0.717) is 22.4 Å². The number of carbonyl (C=O) groups is 1. The van der Waals surface area contributed by atoms with Crippen LogP contribution < -0.4 is 5.32 Å². The zero-order chi connectivity index (χ0) is 15.6. The molecule has 0 unspecified atom stereocenters. The number of anilines is 1. The van der Waals surface area contributed by atoms with Gasteiger partial charge in [-0.2, -0.15) is 5.10 Å². The standard InChI is InChI=1S/C14H14BrClFN3O/c1-3-9-7-12(20(4-2)19-9)14(21)18-13-10(15)5-8(17)6-11(13)16/h5-7H,3-4H2,1-2H3,(H,18,21). The first-order valence-corrected chi connectivity index (χ1v) is 7.66. The van der Waals surface area contributed by atoms with Crippen molar-refractivity contribution in [2.24, 2.45) is 0 Å². The SMILES string of the molecule is CCc1cc(C(=O)Nc2c(Cl)cc(F)cc2Br)n(CC)n1. The maximum Gasteiger partial charge on any atom is 0.274 e. The summed E-state index contributed by atoms with van der Waals surface area (Å²) in [6, 6.07) is 4.14. The predicted molar refractivity (Wildman–Crippen MR) is 84.3 cm³/mol. The molecule has 1 amide bonds. The van der Waals surface area contributed by atoms with E-state index in [-0.39, 0.29) is 10.9 Å². The van der Waals surface area contributed by atoms with Crippen molar-refractivity contribution in [2.75, 3.05) is 5.32 Å². The van der Waals surface area contributed by atoms with Gasteiger partial charge < -0.3 is 5.32 Å². The molecule has 112 valence electrons. The molecule has 1 heterocycles. The Labute approximate surface area is 135 Å². The smallest absolute Gasteiger partial charge is 0.274 e. The summed E-state index contributed by atoms with van der Waals surface area (Å²) >= 11 is 9.16. The summed E-state index contributed by atoms with van der Waals surface area (Å²) in [4.78, 5) is 12.4. The Hall–Kier alpha value is -1.40. The van der Waals surface area contributed by atoms with Crippen LogP contribution >= 0.6 is 27.5 Å². The maximum absolute atomic E-state index is 13.2. The molecule has 0 atom stereocenters. The van der Waals surface area contributed by atoms with E-state index < -0.39 is 5.82 Å². The molecule has 1 N–H and O–H groups in total. The summed E-state index contributed by atoms with van der Waals surface area (Å²) in [5.41, 5.74) is 1.62. The van der Waals surface area contributed by atoms with Gasteiger partial charge in [-0.3, -0.25) is 9.48 Å². The van der Waals surface area contributed by atoms with Gasteiger partial charge in [0.2, 0.25) is 0 Å². The maximum atomic E-state index is 13.2. The van der Waals surface area contributed by atoms with Gasteiger partial charge >= 0.3 is 0 Å². The minimum Gasteiger partial charge on any atom is -0.318 e. The van der Waals surface area contributed by atoms with Gasteiger partial charge in [0.25, 0.3) is 5.91 Å². The molecule has 0 saturated carbocycles. The Morgan fingerprint density at radius 3 is 2.71 bits per heavy atom. The Bertz CT molecular complexity index is 664. The first kappa shape index (κ1) is 16.0. The second kappa shape index (κ2) is 6.58. The molecule has 1 aromatic carbocycles. The van der Waals surface area contributed by atoms with E-state index in [1.54, 1.807) is 10.7 Å². The van der Waals surface area contributed by atoms with Crippen molar-refractivity contribution in [2.45, 2.75) is 26.8 Å². The lowest BCUT2D eigenvalue weighted by Crippen LogP contribution is -2.17. The third kappa shape index (κ3) is 3.44. The number of nitrogens with zero attached hydrogens (tertiary/aromatic N) is 2. The van der Waals surface area contributed by atoms with Crippen molar-refractivity contribution in [3.05, 3.63) is 44.9 Å². The molecule has 7 heteroatoms. The third-order valence-electron chi connectivity index (χ3n) is 2.97. The number of hydrogen-bond acceptors (Lipinski definition) is 2. The van der Waals surface area contributed by atoms with Crippen LogP contribution in [0.4, 0.5) is 10.1 Å². The first-order valence-electron chi connectivity index (χ1n) is 6.48. The summed E-state index contributed by atoms with van der Waals surface area (Å²) in [7, 11) is 0. The van der Waals surface area contributed by atoms with Crippen LogP contribution in [0.2, 0.25) is 5.02 Å². The van der Waals surface area contributed by atoms with Gasteiger partial charge in [0.1, 0.15) is 11.5 Å². The number of carbonyl (C=O) groups excluding carboxylic acids is 1. The largest absolute Gasteiger partial charge is 0.318 e. The number of hydrogen-bond donors (Lipinski definition) is 1. The number of aryl methyl sites for hydroxylation is 2. The minimum atomic E-state index is -0.475. The van der Waals surface area contributed by atoms with Gasteiger partial charge in [-0.25, -0.2) is 4.39 Å². The minimum absolute atomic E-state index is 0.133. The molecule has 0 aliphatic rings. The number of amides is 1. The van der Waals surface area contributed by atoms with Crippen molar-refractivity contribution in [1.82, 2.24) is 9.78 Å². The van der Waals surface area contributed by atoms with Crippen LogP contribution in [0, 0.1) is 5.82 Å². The van der Waals surface area contributed by atoms with E-state index in [4.69, 9.17) is 11.6 Å². The lowest BCUT2D eigenvalue weighted by Gasteiger charge is -2.10. The van der Waals surface area contributed by atoms with Crippen molar-refractivity contribution in [3.8, 4) is 0 Å². The van der Waals surface area contributed by atoms with Crippen LogP contribution in [0.1, 0.15) is 30.0 Å². The van der Waals surface area contributed by atoms with Crippen molar-refractivity contribution >= 4 is 39.1 Å². The van der Waals surface area contributed by atoms with Crippen LogP contribution in [0.5, 0.6) is 0 Å². The third-order valence-corrected chi connectivity index (χ3v) is 3.89. The zero-order valence-electron chi connectivity index (χ0n) is 11.6. The second-order valence-electron chi connectivity index (χ2n) is 4.39. The van der Waals surface area contributed by atoms with Gasteiger partial charge in [-0.1, -0.05) is 18.5 Å². The fourth-order valence-corrected chi connectivity index (χ4v) is 2.80. The van der Waals surface area contributed by atoms with E-state index in [1.165, 1.54) is 6.07 Å². The summed E-state index contributed by atoms with van der Waals surface area (Å²) in [5, 5.41) is 7.14. The average Bonchev–Trinajstić information content (AvgIpc) is 2.86. The van der Waals surface area contributed by atoms with Crippen molar-refractivity contribution < 1.29 is 9.18 Å². The van der Waals surface area contributed by atoms with Gasteiger partial charge in [0.05, 0.1) is 16.4 Å². The highest BCUT2D eigenvalue weighted by molar-refractivity contribution is 9.10. The quantitative estimate of drug-likeness (QED) is 0.868. The Morgan fingerprint density at radius 2 is 2.14 bits per heavy atom. The molecule has 0 aliphatic carbocycles. The summed E-state index contributed by atoms with van der Waals surface area (Å²) in [5.74, 6) is -0.810. The van der Waals surface area contributed by atoms with Crippen LogP contribution in [-0.4, -0.2) is 15.7 Å². The number of aromatic nitrogens is 2. The Kier molecular flexibility index (Phi) is 5.00. The molecule has 1 aromatic heterocycles.